The topological polar surface area (TPSA) is 41.1 Å². The van der Waals surface area contributed by atoms with Crippen LogP contribution < -0.4 is 10.6 Å². The van der Waals surface area contributed by atoms with Gasteiger partial charge in [-0.05, 0) is 29.8 Å². The Labute approximate surface area is 129 Å². The highest BCUT2D eigenvalue weighted by molar-refractivity contribution is 6.30. The van der Waals surface area contributed by atoms with E-state index in [-0.39, 0.29) is 5.91 Å². The largest absolute Gasteiger partial charge is 0.324 e. The van der Waals surface area contributed by atoms with E-state index in [0.717, 1.165) is 11.3 Å². The summed E-state index contributed by atoms with van der Waals surface area (Å²) in [5.74, 6) is -0.120. The maximum absolute atomic E-state index is 12.5. The van der Waals surface area contributed by atoms with Crippen LogP contribution in [0.3, 0.4) is 0 Å². The van der Waals surface area contributed by atoms with Gasteiger partial charge in [0.15, 0.2) is 0 Å². The van der Waals surface area contributed by atoms with Gasteiger partial charge in [0.1, 0.15) is 6.04 Å². The fraction of sp³-hybridized carbons (Fsp3) is 0.118. The summed E-state index contributed by atoms with van der Waals surface area (Å²) in [4.78, 5) is 12.5. The minimum atomic E-state index is -0.458. The van der Waals surface area contributed by atoms with E-state index >= 15 is 0 Å². The third-order valence-electron chi connectivity index (χ3n) is 2.97. The number of carbonyl (C=O) groups excluding carboxylic acids is 1. The molecule has 0 aliphatic rings. The zero-order valence-corrected chi connectivity index (χ0v) is 12.3. The van der Waals surface area contributed by atoms with Crippen molar-refractivity contribution in [3.05, 3.63) is 77.8 Å². The molecule has 0 radical (unpaired) electrons. The van der Waals surface area contributed by atoms with E-state index in [1.165, 1.54) is 0 Å². The van der Waals surface area contributed by atoms with Crippen LogP contribution in [0.15, 0.2) is 67.3 Å². The van der Waals surface area contributed by atoms with Crippen LogP contribution in [0.2, 0.25) is 5.02 Å². The molecule has 2 N–H and O–H groups in total. The Bertz CT molecular complexity index is 596. The molecule has 4 heteroatoms. The predicted molar refractivity (Wildman–Crippen MR) is 87.5 cm³/mol. The highest BCUT2D eigenvalue weighted by atomic mass is 35.5. The van der Waals surface area contributed by atoms with Gasteiger partial charge in [-0.2, -0.15) is 0 Å². The van der Waals surface area contributed by atoms with Gasteiger partial charge in [0.2, 0.25) is 5.91 Å². The molecule has 0 saturated heterocycles. The van der Waals surface area contributed by atoms with E-state index in [1.807, 2.05) is 42.5 Å². The second-order valence-corrected chi connectivity index (χ2v) is 4.97. The van der Waals surface area contributed by atoms with Crippen LogP contribution in [0, 0.1) is 0 Å². The van der Waals surface area contributed by atoms with Gasteiger partial charge in [-0.15, -0.1) is 6.58 Å². The smallest absolute Gasteiger partial charge is 0.246 e. The number of anilines is 1. The first-order valence-electron chi connectivity index (χ1n) is 6.66. The Balaban J connectivity index is 2.16. The van der Waals surface area contributed by atoms with Crippen molar-refractivity contribution in [2.75, 3.05) is 11.9 Å². The van der Waals surface area contributed by atoms with Crippen LogP contribution >= 0.6 is 11.6 Å². The van der Waals surface area contributed by atoms with Crippen molar-refractivity contribution in [1.29, 1.82) is 0 Å². The molecule has 21 heavy (non-hydrogen) atoms. The second kappa shape index (κ2) is 7.62. The summed E-state index contributed by atoms with van der Waals surface area (Å²) in [7, 11) is 0. The Morgan fingerprint density at radius 1 is 1.14 bits per heavy atom. The molecule has 2 aromatic carbocycles. The Hall–Kier alpha value is -2.10. The Morgan fingerprint density at radius 2 is 1.81 bits per heavy atom. The molecule has 1 amide bonds. The van der Waals surface area contributed by atoms with Gasteiger partial charge < -0.3 is 5.32 Å². The quantitative estimate of drug-likeness (QED) is 0.797. The normalized spacial score (nSPS) is 11.7. The van der Waals surface area contributed by atoms with Crippen molar-refractivity contribution in [3.8, 4) is 0 Å². The van der Waals surface area contributed by atoms with Crippen molar-refractivity contribution in [2.45, 2.75) is 6.04 Å². The van der Waals surface area contributed by atoms with Crippen LogP contribution in [0.1, 0.15) is 11.6 Å². The monoisotopic (exact) mass is 300 g/mol. The number of nitrogens with one attached hydrogen (secondary N) is 2. The molecule has 1 atom stereocenters. The lowest BCUT2D eigenvalue weighted by atomic mass is 10.1. The first kappa shape index (κ1) is 15.3. The number of halogens is 1. The molecule has 2 rings (SSSR count). The van der Waals surface area contributed by atoms with Crippen molar-refractivity contribution in [2.24, 2.45) is 0 Å². The number of rotatable bonds is 6. The van der Waals surface area contributed by atoms with Crippen LogP contribution in [0.4, 0.5) is 5.69 Å². The molecule has 3 nitrogen and oxygen atoms in total. The second-order valence-electron chi connectivity index (χ2n) is 4.54. The van der Waals surface area contributed by atoms with E-state index in [9.17, 15) is 4.79 Å². The van der Waals surface area contributed by atoms with Crippen molar-refractivity contribution < 1.29 is 4.79 Å². The number of benzene rings is 2. The maximum atomic E-state index is 12.5. The molecule has 1 unspecified atom stereocenters. The Morgan fingerprint density at radius 3 is 2.43 bits per heavy atom. The zero-order chi connectivity index (χ0) is 15.1. The van der Waals surface area contributed by atoms with E-state index in [0.29, 0.717) is 11.6 Å². The average Bonchev–Trinajstić information content (AvgIpc) is 2.50. The summed E-state index contributed by atoms with van der Waals surface area (Å²) in [5.41, 5.74) is 1.62. The molecule has 0 aliphatic heterocycles. The highest BCUT2D eigenvalue weighted by Gasteiger charge is 2.19. The molecule has 0 heterocycles. The van der Waals surface area contributed by atoms with Crippen molar-refractivity contribution in [3.63, 3.8) is 0 Å². The molecule has 0 aliphatic carbocycles. The predicted octanol–water partition coefficient (Wildman–Crippen LogP) is 3.80. The molecule has 2 aromatic rings. The molecule has 0 bridgehead atoms. The molecule has 108 valence electrons. The van der Waals surface area contributed by atoms with Gasteiger partial charge in [-0.1, -0.05) is 48.0 Å². The van der Waals surface area contributed by atoms with Crippen LogP contribution in [-0.2, 0) is 4.79 Å². The number of carbonyl (C=O) groups is 1. The van der Waals surface area contributed by atoms with Gasteiger partial charge in [-0.25, -0.2) is 0 Å². The van der Waals surface area contributed by atoms with E-state index in [4.69, 9.17) is 11.6 Å². The fourth-order valence-corrected chi connectivity index (χ4v) is 2.08. The van der Waals surface area contributed by atoms with E-state index in [1.54, 1.807) is 18.2 Å². The highest BCUT2D eigenvalue weighted by Crippen LogP contribution is 2.18. The SMILES string of the molecule is C=CCNC(C(=O)Nc1ccccc1)c1ccc(Cl)cc1. The first-order valence-corrected chi connectivity index (χ1v) is 7.04. The number of hydrogen-bond acceptors (Lipinski definition) is 2. The lowest BCUT2D eigenvalue weighted by Crippen LogP contribution is -2.33. The Kier molecular flexibility index (Phi) is 5.55. The van der Waals surface area contributed by atoms with Gasteiger partial charge >= 0.3 is 0 Å². The van der Waals surface area contributed by atoms with Gasteiger partial charge in [-0.3, -0.25) is 10.1 Å². The molecule has 0 aromatic heterocycles. The van der Waals surface area contributed by atoms with E-state index < -0.39 is 6.04 Å². The van der Waals surface area contributed by atoms with Crippen LogP contribution in [0.25, 0.3) is 0 Å². The molecule has 0 spiro atoms. The van der Waals surface area contributed by atoms with Crippen molar-refractivity contribution >= 4 is 23.2 Å². The van der Waals surface area contributed by atoms with Gasteiger partial charge in [0.05, 0.1) is 0 Å². The van der Waals surface area contributed by atoms with E-state index in [2.05, 4.69) is 17.2 Å². The maximum Gasteiger partial charge on any atom is 0.246 e. The average molecular weight is 301 g/mol. The summed E-state index contributed by atoms with van der Waals surface area (Å²) < 4.78 is 0. The first-order chi connectivity index (χ1) is 10.2. The molecular weight excluding hydrogens is 284 g/mol. The standard InChI is InChI=1S/C17H17ClN2O/c1-2-12-19-16(13-8-10-14(18)11-9-13)17(21)20-15-6-4-3-5-7-15/h2-11,16,19H,1,12H2,(H,20,21). The summed E-state index contributed by atoms with van der Waals surface area (Å²) in [6.45, 7) is 4.21. The van der Waals surface area contributed by atoms with Crippen LogP contribution in [-0.4, -0.2) is 12.5 Å². The molecule has 0 fully saturated rings. The zero-order valence-electron chi connectivity index (χ0n) is 11.6. The number of para-hydroxylation sites is 1. The minimum Gasteiger partial charge on any atom is -0.324 e. The van der Waals surface area contributed by atoms with Crippen LogP contribution in [0.5, 0.6) is 0 Å². The minimum absolute atomic E-state index is 0.120. The molecule has 0 saturated carbocycles. The summed E-state index contributed by atoms with van der Waals surface area (Å²) >= 11 is 5.89. The lowest BCUT2D eigenvalue weighted by Gasteiger charge is -2.18. The number of amides is 1. The summed E-state index contributed by atoms with van der Waals surface area (Å²) in [6, 6.07) is 16.1. The lowest BCUT2D eigenvalue weighted by molar-refractivity contribution is -0.118. The molecular formula is C17H17ClN2O. The van der Waals surface area contributed by atoms with Gasteiger partial charge in [0.25, 0.3) is 0 Å². The van der Waals surface area contributed by atoms with Gasteiger partial charge in [0, 0.05) is 17.3 Å². The van der Waals surface area contributed by atoms with Crippen molar-refractivity contribution in [1.82, 2.24) is 5.32 Å². The fourth-order valence-electron chi connectivity index (χ4n) is 1.95. The summed E-state index contributed by atoms with van der Waals surface area (Å²) in [6.07, 6.45) is 1.72. The summed E-state index contributed by atoms with van der Waals surface area (Å²) in [5, 5.41) is 6.69. The number of hydrogen-bond donors (Lipinski definition) is 2. The third-order valence-corrected chi connectivity index (χ3v) is 3.23. The third kappa shape index (κ3) is 4.45.